The molecule has 2 aromatic carbocycles. The van der Waals surface area contributed by atoms with E-state index in [2.05, 4.69) is 11.9 Å². The fourth-order valence-corrected chi connectivity index (χ4v) is 4.89. The van der Waals surface area contributed by atoms with Crippen molar-refractivity contribution in [2.45, 2.75) is 26.9 Å². The highest BCUT2D eigenvalue weighted by atomic mass is 32.1. The molecule has 0 radical (unpaired) electrons. The third-order valence-electron chi connectivity index (χ3n) is 4.63. The number of carbonyl (C=O) groups is 2. The van der Waals surface area contributed by atoms with Gasteiger partial charge < -0.3 is 4.74 Å². The number of ether oxygens (including phenoxy) is 1. The Hall–Kier alpha value is -3.03. The first-order valence-electron chi connectivity index (χ1n) is 9.55. The van der Waals surface area contributed by atoms with Gasteiger partial charge in [0, 0.05) is 17.0 Å². The molecule has 0 aliphatic rings. The normalized spacial score (nSPS) is 10.9. The minimum atomic E-state index is -0.371. The number of rotatable bonds is 6. The number of benzene rings is 2. The van der Waals surface area contributed by atoms with Crippen molar-refractivity contribution < 1.29 is 14.3 Å². The monoisotopic (exact) mass is 436 g/mol. The first-order chi connectivity index (χ1) is 14.5. The smallest absolute Gasteiger partial charge is 0.348 e. The summed E-state index contributed by atoms with van der Waals surface area (Å²) in [4.78, 5) is 31.3. The SMILES string of the molecule is CCc1ccc(N(C(C)=O)c2nc(COC(=O)c3cc4ccccc4s3)cs2)cc1. The van der Waals surface area contributed by atoms with Crippen LogP contribution in [0.4, 0.5) is 10.8 Å². The molecule has 0 N–H and O–H groups in total. The van der Waals surface area contributed by atoms with Crippen LogP contribution in [-0.2, 0) is 22.6 Å². The molecule has 0 saturated heterocycles. The van der Waals surface area contributed by atoms with E-state index in [0.29, 0.717) is 15.7 Å². The number of hydrogen-bond donors (Lipinski definition) is 0. The molecule has 0 fully saturated rings. The number of amides is 1. The highest BCUT2D eigenvalue weighted by Crippen LogP contribution is 2.30. The van der Waals surface area contributed by atoms with Crippen molar-refractivity contribution in [3.8, 4) is 0 Å². The van der Waals surface area contributed by atoms with Crippen LogP contribution in [0.2, 0.25) is 0 Å². The number of esters is 1. The number of thiazole rings is 1. The van der Waals surface area contributed by atoms with Crippen LogP contribution in [-0.4, -0.2) is 16.9 Å². The summed E-state index contributed by atoms with van der Waals surface area (Å²) in [5.74, 6) is -0.494. The summed E-state index contributed by atoms with van der Waals surface area (Å²) in [7, 11) is 0. The molecule has 0 spiro atoms. The van der Waals surface area contributed by atoms with E-state index in [0.717, 1.165) is 22.2 Å². The van der Waals surface area contributed by atoms with E-state index < -0.39 is 0 Å². The number of nitrogens with zero attached hydrogens (tertiary/aromatic N) is 2. The van der Waals surface area contributed by atoms with Gasteiger partial charge in [0.1, 0.15) is 11.5 Å². The minimum absolute atomic E-state index is 0.0596. The summed E-state index contributed by atoms with van der Waals surface area (Å²) >= 11 is 2.76. The van der Waals surface area contributed by atoms with E-state index in [1.165, 1.54) is 35.2 Å². The standard InChI is InChI=1S/C23H20N2O3S2/c1-3-16-8-10-19(11-9-16)25(15(2)26)23-24-18(14-29-23)13-28-22(27)21-12-17-6-4-5-7-20(17)30-21/h4-12,14H,3,13H2,1-2H3. The van der Waals surface area contributed by atoms with Crippen LogP contribution in [0.5, 0.6) is 0 Å². The fraction of sp³-hybridized carbons (Fsp3) is 0.174. The lowest BCUT2D eigenvalue weighted by molar-refractivity contribution is -0.115. The van der Waals surface area contributed by atoms with Crippen LogP contribution in [0.15, 0.2) is 60.0 Å². The lowest BCUT2D eigenvalue weighted by Crippen LogP contribution is -2.22. The number of carbonyl (C=O) groups excluding carboxylic acids is 2. The van der Waals surface area contributed by atoms with Gasteiger partial charge in [-0.05, 0) is 41.6 Å². The van der Waals surface area contributed by atoms with Crippen LogP contribution in [0.3, 0.4) is 0 Å². The Labute approximate surface area is 182 Å². The topological polar surface area (TPSA) is 59.5 Å². The van der Waals surface area contributed by atoms with Crippen molar-refractivity contribution in [1.29, 1.82) is 0 Å². The van der Waals surface area contributed by atoms with Crippen LogP contribution in [0, 0.1) is 0 Å². The maximum atomic E-state index is 12.4. The Morgan fingerprint density at radius 1 is 1.10 bits per heavy atom. The second kappa shape index (κ2) is 8.77. The third kappa shape index (κ3) is 4.27. The number of aryl methyl sites for hydroxylation is 1. The lowest BCUT2D eigenvalue weighted by atomic mass is 10.1. The Morgan fingerprint density at radius 3 is 2.57 bits per heavy atom. The number of thiophene rings is 1. The predicted octanol–water partition coefficient (Wildman–Crippen LogP) is 5.96. The van der Waals surface area contributed by atoms with E-state index in [1.807, 2.05) is 60.0 Å². The van der Waals surface area contributed by atoms with Crippen LogP contribution in [0.25, 0.3) is 10.1 Å². The predicted molar refractivity (Wildman–Crippen MR) is 122 cm³/mol. The molecule has 30 heavy (non-hydrogen) atoms. The molecule has 0 aliphatic heterocycles. The van der Waals surface area contributed by atoms with Gasteiger partial charge in [-0.1, -0.05) is 37.3 Å². The highest BCUT2D eigenvalue weighted by Gasteiger charge is 2.19. The fourth-order valence-electron chi connectivity index (χ4n) is 3.07. The zero-order valence-corrected chi connectivity index (χ0v) is 18.3. The largest absolute Gasteiger partial charge is 0.455 e. The Bertz CT molecular complexity index is 1160. The molecule has 2 heterocycles. The Balaban J connectivity index is 1.46. The summed E-state index contributed by atoms with van der Waals surface area (Å²) in [5, 5.41) is 3.39. The highest BCUT2D eigenvalue weighted by molar-refractivity contribution is 7.20. The van der Waals surface area contributed by atoms with Crippen molar-refractivity contribution in [2.75, 3.05) is 4.90 Å². The summed E-state index contributed by atoms with van der Waals surface area (Å²) in [6, 6.07) is 17.5. The second-order valence-corrected chi connectivity index (χ2v) is 8.64. The van der Waals surface area contributed by atoms with E-state index in [4.69, 9.17) is 4.74 Å². The Kier molecular flexibility index (Phi) is 5.92. The molecule has 0 aliphatic carbocycles. The molecule has 1 amide bonds. The molecule has 0 saturated carbocycles. The zero-order valence-electron chi connectivity index (χ0n) is 16.6. The van der Waals surface area contributed by atoms with Gasteiger partial charge in [0.15, 0.2) is 5.13 Å². The van der Waals surface area contributed by atoms with Gasteiger partial charge in [0.2, 0.25) is 5.91 Å². The molecular weight excluding hydrogens is 416 g/mol. The number of hydrogen-bond acceptors (Lipinski definition) is 6. The number of anilines is 2. The molecule has 7 heteroatoms. The van der Waals surface area contributed by atoms with E-state index in [9.17, 15) is 9.59 Å². The lowest BCUT2D eigenvalue weighted by Gasteiger charge is -2.18. The van der Waals surface area contributed by atoms with Gasteiger partial charge in [0.05, 0.1) is 11.4 Å². The summed E-state index contributed by atoms with van der Waals surface area (Å²) in [6.07, 6.45) is 0.937. The molecule has 2 aromatic heterocycles. The molecule has 0 bridgehead atoms. The van der Waals surface area contributed by atoms with Crippen molar-refractivity contribution in [3.05, 3.63) is 76.1 Å². The van der Waals surface area contributed by atoms with E-state index in [-0.39, 0.29) is 18.5 Å². The van der Waals surface area contributed by atoms with Crippen LogP contribution < -0.4 is 4.90 Å². The van der Waals surface area contributed by atoms with Crippen LogP contribution in [0.1, 0.15) is 34.8 Å². The van der Waals surface area contributed by atoms with Gasteiger partial charge in [-0.15, -0.1) is 22.7 Å². The molecule has 4 aromatic rings. The van der Waals surface area contributed by atoms with Gasteiger partial charge in [-0.2, -0.15) is 0 Å². The van der Waals surface area contributed by atoms with Crippen molar-refractivity contribution in [1.82, 2.24) is 4.98 Å². The average molecular weight is 437 g/mol. The quantitative estimate of drug-likeness (QED) is 0.350. The summed E-state index contributed by atoms with van der Waals surface area (Å²) in [6.45, 7) is 3.66. The van der Waals surface area contributed by atoms with E-state index in [1.54, 1.807) is 4.90 Å². The number of fused-ring (bicyclic) bond motifs is 1. The molecule has 4 rings (SSSR count). The first kappa shape index (κ1) is 20.3. The van der Waals surface area contributed by atoms with Gasteiger partial charge in [0.25, 0.3) is 0 Å². The van der Waals surface area contributed by atoms with Crippen molar-refractivity contribution in [2.24, 2.45) is 0 Å². The second-order valence-electron chi connectivity index (χ2n) is 6.72. The van der Waals surface area contributed by atoms with Crippen molar-refractivity contribution in [3.63, 3.8) is 0 Å². The Morgan fingerprint density at radius 2 is 1.87 bits per heavy atom. The first-order valence-corrected chi connectivity index (χ1v) is 11.2. The van der Waals surface area contributed by atoms with E-state index >= 15 is 0 Å². The summed E-state index contributed by atoms with van der Waals surface area (Å²) < 4.78 is 6.49. The van der Waals surface area contributed by atoms with Gasteiger partial charge in [-0.25, -0.2) is 9.78 Å². The molecule has 0 unspecified atom stereocenters. The minimum Gasteiger partial charge on any atom is -0.455 e. The third-order valence-corrected chi connectivity index (χ3v) is 6.60. The molecule has 0 atom stereocenters. The summed E-state index contributed by atoms with van der Waals surface area (Å²) in [5.41, 5.74) is 2.58. The molecule has 5 nitrogen and oxygen atoms in total. The molecule has 152 valence electrons. The van der Waals surface area contributed by atoms with Gasteiger partial charge in [-0.3, -0.25) is 9.69 Å². The maximum Gasteiger partial charge on any atom is 0.348 e. The van der Waals surface area contributed by atoms with Crippen molar-refractivity contribution >= 4 is 55.5 Å². The maximum absolute atomic E-state index is 12.4. The van der Waals surface area contributed by atoms with Crippen LogP contribution >= 0.6 is 22.7 Å². The average Bonchev–Trinajstić information content (AvgIpc) is 3.39. The molecular formula is C23H20N2O3S2. The van der Waals surface area contributed by atoms with Gasteiger partial charge >= 0.3 is 5.97 Å². The zero-order chi connectivity index (χ0) is 21.1. The number of aromatic nitrogens is 1.